The van der Waals surface area contributed by atoms with E-state index in [1.54, 1.807) is 30.5 Å². The first-order chi connectivity index (χ1) is 19.6. The predicted octanol–water partition coefficient (Wildman–Crippen LogP) is 4.36. The average Bonchev–Trinajstić information content (AvgIpc) is 3.34. The third-order valence-corrected chi connectivity index (χ3v) is 7.09. The van der Waals surface area contributed by atoms with Gasteiger partial charge >= 0.3 is 5.69 Å². The lowest BCUT2D eigenvalue weighted by Crippen LogP contribution is -2.39. The molecule has 0 fully saturated rings. The smallest absolute Gasteiger partial charge is 0.354 e. The van der Waals surface area contributed by atoms with E-state index in [9.17, 15) is 4.79 Å². The van der Waals surface area contributed by atoms with Gasteiger partial charge < -0.3 is 27.1 Å². The molecule has 0 aliphatic rings. The number of rotatable bonds is 13. The quantitative estimate of drug-likeness (QED) is 0.0600. The third kappa shape index (κ3) is 7.81. The van der Waals surface area contributed by atoms with Crippen molar-refractivity contribution in [1.82, 2.24) is 25.2 Å². The third-order valence-electron chi connectivity index (χ3n) is 6.81. The number of fused-ring (bicyclic) bond motifs is 1. The molecule has 0 spiro atoms. The van der Waals surface area contributed by atoms with Crippen molar-refractivity contribution in [3.8, 4) is 16.9 Å². The summed E-state index contributed by atoms with van der Waals surface area (Å²) in [6.45, 7) is 7.05. The molecule has 0 bridgehead atoms. The Morgan fingerprint density at radius 2 is 2.00 bits per heavy atom. The van der Waals surface area contributed by atoms with Gasteiger partial charge in [-0.25, -0.2) is 9.18 Å². The molecular weight excluding hydrogens is 543 g/mol. The molecule has 9 nitrogen and oxygen atoms in total. The molecule has 8 N–H and O–H groups in total. The summed E-state index contributed by atoms with van der Waals surface area (Å²) in [7, 11) is 0. The molecule has 0 radical (unpaired) electrons. The van der Waals surface area contributed by atoms with E-state index >= 15 is 4.39 Å². The van der Waals surface area contributed by atoms with Crippen molar-refractivity contribution in [1.29, 1.82) is 5.41 Å². The highest BCUT2D eigenvalue weighted by Crippen LogP contribution is 2.31. The fourth-order valence-electron chi connectivity index (χ4n) is 4.65. The molecule has 2 heterocycles. The SMILES string of the molecule is C=C[C@H](CCNCc1ccc(-n2cc3cc(-c4cc(CCC[C@H](C)N)cc(Cl)c4F)[nH]c3nc2=O)cc1)NC(=N)N. The summed E-state index contributed by atoms with van der Waals surface area (Å²) >= 11 is 6.22. The molecule has 0 amide bonds. The first-order valence-corrected chi connectivity index (χ1v) is 13.9. The number of aromatic nitrogens is 3. The van der Waals surface area contributed by atoms with Gasteiger partial charge in [0.2, 0.25) is 0 Å². The fraction of sp³-hybridized carbons (Fsp3) is 0.300. The summed E-state index contributed by atoms with van der Waals surface area (Å²) in [5.41, 5.74) is 14.6. The van der Waals surface area contributed by atoms with Gasteiger partial charge in [-0.05, 0) is 80.6 Å². The summed E-state index contributed by atoms with van der Waals surface area (Å²) in [5, 5.41) is 14.2. The zero-order valence-electron chi connectivity index (χ0n) is 23.0. The van der Waals surface area contributed by atoms with E-state index in [4.69, 9.17) is 28.5 Å². The lowest BCUT2D eigenvalue weighted by Gasteiger charge is -2.14. The van der Waals surface area contributed by atoms with Gasteiger partial charge in [0.25, 0.3) is 0 Å². The van der Waals surface area contributed by atoms with Crippen LogP contribution in [0.3, 0.4) is 0 Å². The largest absolute Gasteiger partial charge is 0.370 e. The molecule has 2 atom stereocenters. The highest BCUT2D eigenvalue weighted by molar-refractivity contribution is 6.31. The van der Waals surface area contributed by atoms with Crippen molar-refractivity contribution in [2.75, 3.05) is 6.54 Å². The molecule has 0 saturated carbocycles. The molecule has 0 aliphatic carbocycles. The van der Waals surface area contributed by atoms with E-state index in [1.807, 2.05) is 31.2 Å². The lowest BCUT2D eigenvalue weighted by molar-refractivity contribution is 0.585. The average molecular weight is 579 g/mol. The number of halogens is 2. The predicted molar refractivity (Wildman–Crippen MR) is 164 cm³/mol. The molecule has 0 aliphatic heterocycles. The van der Waals surface area contributed by atoms with Crippen LogP contribution in [0.5, 0.6) is 0 Å². The minimum Gasteiger partial charge on any atom is -0.370 e. The van der Waals surface area contributed by atoms with Crippen LogP contribution in [0.2, 0.25) is 5.02 Å². The number of benzene rings is 2. The van der Waals surface area contributed by atoms with Crippen molar-refractivity contribution in [2.24, 2.45) is 11.5 Å². The van der Waals surface area contributed by atoms with Crippen LogP contribution in [0.4, 0.5) is 4.39 Å². The Labute approximate surface area is 243 Å². The van der Waals surface area contributed by atoms with Gasteiger partial charge in [-0.2, -0.15) is 4.98 Å². The van der Waals surface area contributed by atoms with Gasteiger partial charge in [-0.3, -0.25) is 9.98 Å². The molecule has 2 aromatic carbocycles. The van der Waals surface area contributed by atoms with Crippen molar-refractivity contribution in [3.05, 3.63) is 93.8 Å². The van der Waals surface area contributed by atoms with Gasteiger partial charge in [0, 0.05) is 35.8 Å². The van der Waals surface area contributed by atoms with Crippen LogP contribution in [-0.2, 0) is 13.0 Å². The Bertz CT molecular complexity index is 1580. The zero-order chi connectivity index (χ0) is 29.5. The van der Waals surface area contributed by atoms with E-state index in [0.717, 1.165) is 36.8 Å². The standard InChI is InChI=1S/C30H36ClFN8O/c1-3-22(37-29(34)35)11-12-36-16-19-7-9-23(10-8-19)40-17-21-15-26(38-28(21)39-30(40)41)24-13-20(6-4-5-18(2)33)14-25(31)27(24)32/h3,7-10,13-15,17-18,22,36H,1,4-6,11-12,16,33H2,2H3,(H4,34,35,37)(H,38,39,41)/t18-,22+/m0/s1. The number of aryl methyl sites for hydroxylation is 1. The molecule has 0 saturated heterocycles. The Kier molecular flexibility index (Phi) is 9.93. The summed E-state index contributed by atoms with van der Waals surface area (Å²) < 4.78 is 16.5. The van der Waals surface area contributed by atoms with Crippen LogP contribution < -0.4 is 27.8 Å². The molecule has 2 aromatic heterocycles. The highest BCUT2D eigenvalue weighted by Gasteiger charge is 2.15. The van der Waals surface area contributed by atoms with Crippen molar-refractivity contribution < 1.29 is 4.39 Å². The van der Waals surface area contributed by atoms with Gasteiger partial charge in [-0.15, -0.1) is 6.58 Å². The lowest BCUT2D eigenvalue weighted by atomic mass is 10.0. The maximum atomic E-state index is 15.0. The van der Waals surface area contributed by atoms with Gasteiger partial charge in [0.05, 0.1) is 16.4 Å². The van der Waals surface area contributed by atoms with Crippen molar-refractivity contribution in [3.63, 3.8) is 0 Å². The van der Waals surface area contributed by atoms with E-state index < -0.39 is 11.5 Å². The Morgan fingerprint density at radius 1 is 1.24 bits per heavy atom. The van der Waals surface area contributed by atoms with E-state index in [2.05, 4.69) is 27.2 Å². The van der Waals surface area contributed by atoms with Gasteiger partial charge in [0.1, 0.15) is 5.65 Å². The van der Waals surface area contributed by atoms with Crippen LogP contribution in [0.25, 0.3) is 28.0 Å². The maximum absolute atomic E-state index is 15.0. The van der Waals surface area contributed by atoms with Gasteiger partial charge in [0.15, 0.2) is 11.8 Å². The summed E-state index contributed by atoms with van der Waals surface area (Å²) in [4.78, 5) is 20.2. The zero-order valence-corrected chi connectivity index (χ0v) is 23.8. The number of nitrogens with one attached hydrogen (secondary N) is 4. The normalized spacial score (nSPS) is 12.8. The van der Waals surface area contributed by atoms with Crippen molar-refractivity contribution in [2.45, 2.75) is 51.2 Å². The van der Waals surface area contributed by atoms with Gasteiger partial charge in [-0.1, -0.05) is 29.8 Å². The van der Waals surface area contributed by atoms with Crippen LogP contribution in [0.1, 0.15) is 37.3 Å². The molecule has 0 unspecified atom stereocenters. The first kappa shape index (κ1) is 30.0. The molecule has 41 heavy (non-hydrogen) atoms. The monoisotopic (exact) mass is 578 g/mol. The van der Waals surface area contributed by atoms with E-state index in [-0.39, 0.29) is 23.1 Å². The molecular formula is C30H36ClFN8O. The number of aromatic amines is 1. The number of nitrogens with zero attached hydrogens (tertiary/aromatic N) is 2. The summed E-state index contributed by atoms with van der Waals surface area (Å²) in [6.07, 6.45) is 6.62. The first-order valence-electron chi connectivity index (χ1n) is 13.5. The van der Waals surface area contributed by atoms with Crippen LogP contribution in [0, 0.1) is 11.2 Å². The second-order valence-corrected chi connectivity index (χ2v) is 10.6. The van der Waals surface area contributed by atoms with Crippen LogP contribution in [-0.4, -0.2) is 39.1 Å². The maximum Gasteiger partial charge on any atom is 0.354 e. The number of hydrogen-bond acceptors (Lipinski definition) is 5. The number of H-pyrrole nitrogens is 1. The molecule has 4 rings (SSSR count). The second kappa shape index (κ2) is 13.6. The Hall–Kier alpha value is -3.99. The summed E-state index contributed by atoms with van der Waals surface area (Å²) in [5.74, 6) is -0.609. The van der Waals surface area contributed by atoms with E-state index in [0.29, 0.717) is 41.1 Å². The number of hydrogen-bond donors (Lipinski definition) is 6. The molecule has 11 heteroatoms. The minimum absolute atomic E-state index is 0.0484. The Balaban J connectivity index is 1.48. The van der Waals surface area contributed by atoms with Crippen molar-refractivity contribution >= 4 is 28.6 Å². The summed E-state index contributed by atoms with van der Waals surface area (Å²) in [6, 6.07) is 12.8. The second-order valence-electron chi connectivity index (χ2n) is 10.2. The molecule has 4 aromatic rings. The fourth-order valence-corrected chi connectivity index (χ4v) is 4.89. The molecule has 216 valence electrons. The topological polar surface area (TPSA) is 151 Å². The number of nitrogens with two attached hydrogens (primary N) is 2. The Morgan fingerprint density at radius 3 is 2.68 bits per heavy atom. The highest BCUT2D eigenvalue weighted by atomic mass is 35.5. The number of guanidine groups is 1. The van der Waals surface area contributed by atoms with Crippen LogP contribution in [0.15, 0.2) is 66.1 Å². The van der Waals surface area contributed by atoms with E-state index in [1.165, 1.54) is 4.57 Å². The van der Waals surface area contributed by atoms with Crippen LogP contribution >= 0.6 is 11.6 Å². The minimum atomic E-state index is -0.524.